The molecule has 2 atom stereocenters. The molecule has 1 aromatic rings. The van der Waals surface area contributed by atoms with E-state index in [0.29, 0.717) is 25.6 Å². The molecule has 0 bridgehead atoms. The fourth-order valence-electron chi connectivity index (χ4n) is 4.71. The maximum Gasteiger partial charge on any atom is 0.223 e. The second-order valence-electron chi connectivity index (χ2n) is 9.22. The number of carbonyl (C=O) groups is 2. The summed E-state index contributed by atoms with van der Waals surface area (Å²) in [6, 6.07) is 4.58. The number of hydrogen-bond donors (Lipinski definition) is 2. The van der Waals surface area contributed by atoms with Crippen molar-refractivity contribution in [2.24, 2.45) is 11.8 Å². The standard InChI is InChI=1S/C24H34N4O2/c1-17-10-11-25-20(12-17)14-26-23(29)13-21-8-9-22(28(21)16-18-6-7-18)15-27-24(30)19-4-2-3-5-19/h2-3,10-12,18-19,21-22H,4-9,13-16H2,1H3,(H,26,29)(H,27,30)/t21-,22+/m1/s1. The van der Waals surface area contributed by atoms with E-state index in [0.717, 1.165) is 49.4 Å². The molecule has 162 valence electrons. The molecule has 2 fully saturated rings. The summed E-state index contributed by atoms with van der Waals surface area (Å²) in [7, 11) is 0. The van der Waals surface area contributed by atoms with E-state index in [2.05, 4.69) is 32.7 Å². The van der Waals surface area contributed by atoms with Gasteiger partial charge in [-0.3, -0.25) is 19.5 Å². The van der Waals surface area contributed by atoms with Crippen molar-refractivity contribution in [3.8, 4) is 0 Å². The normalized spacial score (nSPS) is 24.3. The third-order valence-electron chi connectivity index (χ3n) is 6.69. The van der Waals surface area contributed by atoms with Gasteiger partial charge in [-0.15, -0.1) is 0 Å². The molecule has 2 heterocycles. The molecule has 2 N–H and O–H groups in total. The van der Waals surface area contributed by atoms with Crippen LogP contribution in [0.25, 0.3) is 0 Å². The van der Waals surface area contributed by atoms with Gasteiger partial charge in [0.2, 0.25) is 11.8 Å². The first-order valence-electron chi connectivity index (χ1n) is 11.4. The fourth-order valence-corrected chi connectivity index (χ4v) is 4.71. The van der Waals surface area contributed by atoms with Gasteiger partial charge in [0.1, 0.15) is 0 Å². The molecule has 4 rings (SSSR count). The fraction of sp³-hybridized carbons (Fsp3) is 0.625. The molecule has 0 unspecified atom stereocenters. The van der Waals surface area contributed by atoms with E-state index in [4.69, 9.17) is 0 Å². The van der Waals surface area contributed by atoms with Gasteiger partial charge in [-0.05, 0) is 69.1 Å². The molecule has 0 spiro atoms. The zero-order chi connectivity index (χ0) is 20.9. The molecule has 0 aromatic carbocycles. The Morgan fingerprint density at radius 1 is 1.10 bits per heavy atom. The number of rotatable bonds is 9. The Morgan fingerprint density at radius 2 is 1.87 bits per heavy atom. The van der Waals surface area contributed by atoms with Gasteiger partial charge in [-0.2, -0.15) is 0 Å². The van der Waals surface area contributed by atoms with Gasteiger partial charge >= 0.3 is 0 Å². The SMILES string of the molecule is Cc1ccnc(CNC(=O)C[C@H]2CC[C@@H](CNC(=O)C3CC=CC3)N2CC2CC2)c1. The Morgan fingerprint density at radius 3 is 2.60 bits per heavy atom. The molecule has 6 nitrogen and oxygen atoms in total. The molecular formula is C24H34N4O2. The molecule has 1 saturated heterocycles. The minimum absolute atomic E-state index is 0.0887. The predicted molar refractivity (Wildman–Crippen MR) is 117 cm³/mol. The summed E-state index contributed by atoms with van der Waals surface area (Å²) < 4.78 is 0. The number of hydrogen-bond acceptors (Lipinski definition) is 4. The van der Waals surface area contributed by atoms with Crippen LogP contribution in [-0.4, -0.2) is 46.9 Å². The van der Waals surface area contributed by atoms with Crippen LogP contribution in [0.4, 0.5) is 0 Å². The van der Waals surface area contributed by atoms with E-state index in [-0.39, 0.29) is 23.8 Å². The largest absolute Gasteiger partial charge is 0.354 e. The van der Waals surface area contributed by atoms with E-state index in [9.17, 15) is 9.59 Å². The summed E-state index contributed by atoms with van der Waals surface area (Å²) >= 11 is 0. The molecule has 2 amide bonds. The van der Waals surface area contributed by atoms with Crippen LogP contribution in [-0.2, 0) is 16.1 Å². The smallest absolute Gasteiger partial charge is 0.223 e. The van der Waals surface area contributed by atoms with E-state index in [1.165, 1.54) is 12.8 Å². The second-order valence-corrected chi connectivity index (χ2v) is 9.22. The predicted octanol–water partition coefficient (Wildman–Crippen LogP) is 2.72. The molecule has 1 aromatic heterocycles. The Bertz CT molecular complexity index is 781. The lowest BCUT2D eigenvalue weighted by molar-refractivity contribution is -0.125. The zero-order valence-electron chi connectivity index (χ0n) is 18.0. The van der Waals surface area contributed by atoms with E-state index in [1.807, 2.05) is 19.1 Å². The number of nitrogens with one attached hydrogen (secondary N) is 2. The van der Waals surface area contributed by atoms with Crippen LogP contribution in [0.15, 0.2) is 30.5 Å². The van der Waals surface area contributed by atoms with Crippen molar-refractivity contribution in [3.05, 3.63) is 41.7 Å². The maximum atomic E-state index is 12.6. The molecule has 2 aliphatic carbocycles. The lowest BCUT2D eigenvalue weighted by Crippen LogP contribution is -2.46. The number of nitrogens with zero attached hydrogens (tertiary/aromatic N) is 2. The molecule has 6 heteroatoms. The van der Waals surface area contributed by atoms with Crippen molar-refractivity contribution >= 4 is 11.8 Å². The quantitative estimate of drug-likeness (QED) is 0.614. The van der Waals surface area contributed by atoms with Crippen molar-refractivity contribution in [1.29, 1.82) is 0 Å². The Kier molecular flexibility index (Phi) is 6.82. The maximum absolute atomic E-state index is 12.6. The Hall–Kier alpha value is -2.21. The minimum Gasteiger partial charge on any atom is -0.354 e. The number of amides is 2. The molecule has 0 radical (unpaired) electrons. The van der Waals surface area contributed by atoms with Crippen molar-refractivity contribution in [3.63, 3.8) is 0 Å². The highest BCUT2D eigenvalue weighted by atomic mass is 16.2. The van der Waals surface area contributed by atoms with Crippen LogP contribution < -0.4 is 10.6 Å². The average Bonchev–Trinajstić information content (AvgIpc) is 3.23. The van der Waals surface area contributed by atoms with Gasteiger partial charge in [-0.25, -0.2) is 0 Å². The van der Waals surface area contributed by atoms with Gasteiger partial charge in [0, 0.05) is 43.7 Å². The summed E-state index contributed by atoms with van der Waals surface area (Å²) in [5.41, 5.74) is 2.05. The molecule has 3 aliphatic rings. The number of aryl methyl sites for hydroxylation is 1. The van der Waals surface area contributed by atoms with Crippen LogP contribution in [0.3, 0.4) is 0 Å². The first-order chi connectivity index (χ1) is 14.6. The van der Waals surface area contributed by atoms with Crippen molar-refractivity contribution in [2.75, 3.05) is 13.1 Å². The molecule has 1 aliphatic heterocycles. The second kappa shape index (κ2) is 9.73. The number of likely N-dealkylation sites (tertiary alicyclic amines) is 1. The van der Waals surface area contributed by atoms with E-state index < -0.39 is 0 Å². The van der Waals surface area contributed by atoms with E-state index in [1.54, 1.807) is 6.20 Å². The summed E-state index contributed by atoms with van der Waals surface area (Å²) in [6.07, 6.45) is 12.9. The van der Waals surface area contributed by atoms with Crippen molar-refractivity contribution < 1.29 is 9.59 Å². The number of carbonyl (C=O) groups excluding carboxylic acids is 2. The number of aromatic nitrogens is 1. The minimum atomic E-state index is 0.0887. The van der Waals surface area contributed by atoms with Gasteiger partial charge in [-0.1, -0.05) is 12.2 Å². The van der Waals surface area contributed by atoms with Crippen LogP contribution in [0.5, 0.6) is 0 Å². The van der Waals surface area contributed by atoms with Gasteiger partial charge < -0.3 is 10.6 Å². The van der Waals surface area contributed by atoms with Gasteiger partial charge in [0.05, 0.1) is 12.2 Å². The highest BCUT2D eigenvalue weighted by Gasteiger charge is 2.38. The van der Waals surface area contributed by atoms with Crippen LogP contribution in [0.1, 0.15) is 56.2 Å². The first-order valence-corrected chi connectivity index (χ1v) is 11.4. The Labute approximate surface area is 179 Å². The third-order valence-corrected chi connectivity index (χ3v) is 6.69. The Balaban J connectivity index is 1.27. The third kappa shape index (κ3) is 5.69. The molecule has 1 saturated carbocycles. The zero-order valence-corrected chi connectivity index (χ0v) is 18.0. The van der Waals surface area contributed by atoms with Crippen LogP contribution >= 0.6 is 0 Å². The molecular weight excluding hydrogens is 376 g/mol. The van der Waals surface area contributed by atoms with Crippen molar-refractivity contribution in [1.82, 2.24) is 20.5 Å². The summed E-state index contributed by atoms with van der Waals surface area (Å²) in [4.78, 5) is 31.8. The summed E-state index contributed by atoms with van der Waals surface area (Å²) in [5, 5.41) is 6.23. The van der Waals surface area contributed by atoms with Crippen molar-refractivity contribution in [2.45, 2.75) is 70.5 Å². The van der Waals surface area contributed by atoms with Gasteiger partial charge in [0.25, 0.3) is 0 Å². The topological polar surface area (TPSA) is 74.3 Å². The number of pyridine rings is 1. The summed E-state index contributed by atoms with van der Waals surface area (Å²) in [5.74, 6) is 1.14. The van der Waals surface area contributed by atoms with Crippen LogP contribution in [0.2, 0.25) is 0 Å². The lowest BCUT2D eigenvalue weighted by Gasteiger charge is -2.30. The molecule has 30 heavy (non-hydrogen) atoms. The highest BCUT2D eigenvalue weighted by molar-refractivity contribution is 5.79. The van der Waals surface area contributed by atoms with Gasteiger partial charge in [0.15, 0.2) is 0 Å². The first kappa shape index (κ1) is 21.0. The number of allylic oxidation sites excluding steroid dienone is 2. The highest BCUT2D eigenvalue weighted by Crippen LogP contribution is 2.35. The average molecular weight is 411 g/mol. The van der Waals surface area contributed by atoms with Crippen LogP contribution in [0, 0.1) is 18.8 Å². The summed E-state index contributed by atoms with van der Waals surface area (Å²) in [6.45, 7) is 4.27. The lowest BCUT2D eigenvalue weighted by atomic mass is 10.1. The van der Waals surface area contributed by atoms with E-state index >= 15 is 0 Å². The monoisotopic (exact) mass is 410 g/mol.